The second-order valence-corrected chi connectivity index (χ2v) is 8.63. The van der Waals surface area contributed by atoms with Crippen molar-refractivity contribution in [1.29, 1.82) is 10.5 Å². The lowest BCUT2D eigenvalue weighted by Crippen LogP contribution is -2.13. The number of halogens is 1. The molecule has 140 valence electrons. The summed E-state index contributed by atoms with van der Waals surface area (Å²) >= 11 is 7.06. The predicted molar refractivity (Wildman–Crippen MR) is 103 cm³/mol. The van der Waals surface area contributed by atoms with Crippen molar-refractivity contribution >= 4 is 38.1 Å². The number of aromatic nitrogens is 2. The van der Waals surface area contributed by atoms with Crippen molar-refractivity contribution in [3.8, 4) is 23.6 Å². The summed E-state index contributed by atoms with van der Waals surface area (Å²) in [7, 11) is -3.94. The Morgan fingerprint density at radius 2 is 1.86 bits per heavy atom. The summed E-state index contributed by atoms with van der Waals surface area (Å²) < 4.78 is 32.9. The molecule has 0 amide bonds. The fraction of sp³-hybridized carbons (Fsp3) is 0.0588. The molecule has 11 heteroatoms. The first-order valence-corrected chi connectivity index (χ1v) is 10.2. The lowest BCUT2D eigenvalue weighted by Gasteiger charge is -2.10. The van der Waals surface area contributed by atoms with E-state index in [-0.39, 0.29) is 31.9 Å². The molecule has 0 saturated carbocycles. The van der Waals surface area contributed by atoms with Crippen LogP contribution >= 0.6 is 22.9 Å². The van der Waals surface area contributed by atoms with Gasteiger partial charge in [-0.05, 0) is 37.3 Å². The second kappa shape index (κ2) is 7.82. The highest BCUT2D eigenvalue weighted by molar-refractivity contribution is 7.93. The summed E-state index contributed by atoms with van der Waals surface area (Å²) in [5.41, 5.74) is 0.297. The minimum absolute atomic E-state index is 0.0109. The number of nitriles is 2. The predicted octanol–water partition coefficient (Wildman–Crippen LogP) is 3.84. The standard InChI is InChI=1S/C17H10ClN5O3S2/c1-10-21-22-17(27-10)23-28(24,25)14-4-5-16(12(6-14)9-20)26-13-3-2-11(8-19)15(18)7-13/h2-7H,1H3,(H,22,23). The zero-order chi connectivity index (χ0) is 20.3. The molecule has 3 rings (SSSR count). The normalized spacial score (nSPS) is 10.7. The number of hydrogen-bond donors (Lipinski definition) is 1. The monoisotopic (exact) mass is 431 g/mol. The maximum atomic E-state index is 12.5. The van der Waals surface area contributed by atoms with Crippen LogP contribution in [0.25, 0.3) is 0 Å². The molecule has 0 saturated heterocycles. The highest BCUT2D eigenvalue weighted by Gasteiger charge is 2.19. The van der Waals surface area contributed by atoms with Gasteiger partial charge in [0.2, 0.25) is 5.13 Å². The van der Waals surface area contributed by atoms with E-state index in [2.05, 4.69) is 14.9 Å². The van der Waals surface area contributed by atoms with E-state index in [0.29, 0.717) is 10.8 Å². The molecule has 28 heavy (non-hydrogen) atoms. The van der Waals surface area contributed by atoms with Crippen LogP contribution < -0.4 is 9.46 Å². The van der Waals surface area contributed by atoms with E-state index in [1.54, 1.807) is 6.92 Å². The third-order valence-electron chi connectivity index (χ3n) is 3.42. The van der Waals surface area contributed by atoms with Gasteiger partial charge in [-0.3, -0.25) is 4.72 Å². The van der Waals surface area contributed by atoms with Gasteiger partial charge in [0.05, 0.1) is 21.0 Å². The first-order chi connectivity index (χ1) is 13.3. The van der Waals surface area contributed by atoms with Gasteiger partial charge < -0.3 is 4.74 Å². The van der Waals surface area contributed by atoms with E-state index in [1.807, 2.05) is 12.1 Å². The Labute approximate surface area is 169 Å². The first-order valence-electron chi connectivity index (χ1n) is 7.57. The fourth-order valence-corrected chi connectivity index (χ4v) is 4.20. The first kappa shape index (κ1) is 19.6. The molecule has 0 aliphatic rings. The number of aryl methyl sites for hydroxylation is 1. The van der Waals surface area contributed by atoms with Crippen molar-refractivity contribution in [3.63, 3.8) is 0 Å². The lowest BCUT2D eigenvalue weighted by molar-refractivity contribution is 0.480. The molecule has 1 N–H and O–H groups in total. The molecule has 8 nitrogen and oxygen atoms in total. The van der Waals surface area contributed by atoms with Gasteiger partial charge in [-0.2, -0.15) is 10.5 Å². The van der Waals surface area contributed by atoms with Crippen molar-refractivity contribution in [2.75, 3.05) is 4.72 Å². The lowest BCUT2D eigenvalue weighted by atomic mass is 10.2. The number of ether oxygens (including phenoxy) is 1. The average Bonchev–Trinajstić information content (AvgIpc) is 3.06. The zero-order valence-electron chi connectivity index (χ0n) is 14.2. The van der Waals surface area contributed by atoms with E-state index in [4.69, 9.17) is 21.6 Å². The maximum absolute atomic E-state index is 12.5. The minimum Gasteiger partial charge on any atom is -0.456 e. The number of nitrogens with zero attached hydrogens (tertiary/aromatic N) is 4. The van der Waals surface area contributed by atoms with Crippen molar-refractivity contribution in [2.45, 2.75) is 11.8 Å². The van der Waals surface area contributed by atoms with Gasteiger partial charge in [0.25, 0.3) is 10.0 Å². The van der Waals surface area contributed by atoms with Crippen LogP contribution in [0, 0.1) is 29.6 Å². The summed E-state index contributed by atoms with van der Waals surface area (Å²) in [5, 5.41) is 26.7. The van der Waals surface area contributed by atoms with Gasteiger partial charge in [0.15, 0.2) is 0 Å². The fourth-order valence-electron chi connectivity index (χ4n) is 2.14. The molecule has 0 bridgehead atoms. The molecule has 0 aliphatic carbocycles. The van der Waals surface area contributed by atoms with E-state index in [9.17, 15) is 13.7 Å². The Morgan fingerprint density at radius 3 is 2.46 bits per heavy atom. The summed E-state index contributed by atoms with van der Waals surface area (Å²) in [4.78, 5) is -0.123. The molecule has 1 heterocycles. The van der Waals surface area contributed by atoms with Crippen molar-refractivity contribution in [3.05, 3.63) is 57.6 Å². The van der Waals surface area contributed by atoms with Crippen LogP contribution in [0.4, 0.5) is 5.13 Å². The number of sulfonamides is 1. The molecule has 0 aliphatic heterocycles. The number of hydrogen-bond acceptors (Lipinski definition) is 8. The maximum Gasteiger partial charge on any atom is 0.263 e. The molecular weight excluding hydrogens is 422 g/mol. The third-order valence-corrected chi connectivity index (χ3v) is 5.95. The number of nitrogens with one attached hydrogen (secondary N) is 1. The highest BCUT2D eigenvalue weighted by Crippen LogP contribution is 2.30. The Bertz CT molecular complexity index is 1240. The molecule has 0 atom stereocenters. The third kappa shape index (κ3) is 4.21. The Kier molecular flexibility index (Phi) is 5.47. The van der Waals surface area contributed by atoms with Gasteiger partial charge in [-0.1, -0.05) is 22.9 Å². The molecule has 3 aromatic rings. The van der Waals surface area contributed by atoms with Gasteiger partial charge >= 0.3 is 0 Å². The summed E-state index contributed by atoms with van der Waals surface area (Å²) in [6.45, 7) is 1.70. The van der Waals surface area contributed by atoms with E-state index in [0.717, 1.165) is 11.3 Å². The largest absolute Gasteiger partial charge is 0.456 e. The SMILES string of the molecule is Cc1nnc(NS(=O)(=O)c2ccc(Oc3ccc(C#N)c(Cl)c3)c(C#N)c2)s1. The number of rotatable bonds is 5. The molecule has 0 radical (unpaired) electrons. The van der Waals surface area contributed by atoms with E-state index >= 15 is 0 Å². The molecular formula is C17H10ClN5O3S2. The summed E-state index contributed by atoms with van der Waals surface area (Å²) in [6, 6.07) is 12.1. The summed E-state index contributed by atoms with van der Waals surface area (Å²) in [6.07, 6.45) is 0. The van der Waals surface area contributed by atoms with Crippen LogP contribution in [-0.4, -0.2) is 18.6 Å². The quantitative estimate of drug-likeness (QED) is 0.649. The molecule has 0 spiro atoms. The minimum atomic E-state index is -3.94. The van der Waals surface area contributed by atoms with Crippen molar-refractivity contribution < 1.29 is 13.2 Å². The van der Waals surface area contributed by atoms with Crippen LogP contribution in [0.15, 0.2) is 41.3 Å². The van der Waals surface area contributed by atoms with Crippen LogP contribution in [0.3, 0.4) is 0 Å². The smallest absolute Gasteiger partial charge is 0.263 e. The highest BCUT2D eigenvalue weighted by atomic mass is 35.5. The molecule has 2 aromatic carbocycles. The van der Waals surface area contributed by atoms with Crippen LogP contribution in [0.5, 0.6) is 11.5 Å². The van der Waals surface area contributed by atoms with Crippen molar-refractivity contribution in [2.24, 2.45) is 0 Å². The van der Waals surface area contributed by atoms with Crippen molar-refractivity contribution in [1.82, 2.24) is 10.2 Å². The van der Waals surface area contributed by atoms with E-state index < -0.39 is 10.0 Å². The van der Waals surface area contributed by atoms with Gasteiger partial charge in [0, 0.05) is 6.07 Å². The Hall–Kier alpha value is -3.18. The van der Waals surface area contributed by atoms with Gasteiger partial charge in [-0.25, -0.2) is 8.42 Å². The number of benzene rings is 2. The average molecular weight is 432 g/mol. The van der Waals surface area contributed by atoms with Gasteiger partial charge in [-0.15, -0.1) is 10.2 Å². The molecule has 1 aromatic heterocycles. The van der Waals surface area contributed by atoms with E-state index in [1.165, 1.54) is 36.4 Å². The molecule has 0 fully saturated rings. The van der Waals surface area contributed by atoms with Gasteiger partial charge in [0.1, 0.15) is 28.6 Å². The summed E-state index contributed by atoms with van der Waals surface area (Å²) in [5.74, 6) is 0.451. The zero-order valence-corrected chi connectivity index (χ0v) is 16.6. The second-order valence-electron chi connectivity index (χ2n) is 5.36. The van der Waals surface area contributed by atoms with Crippen LogP contribution in [0.1, 0.15) is 16.1 Å². The van der Waals surface area contributed by atoms with Crippen LogP contribution in [-0.2, 0) is 10.0 Å². The number of anilines is 1. The Balaban J connectivity index is 1.89. The van der Waals surface area contributed by atoms with Crippen LogP contribution in [0.2, 0.25) is 5.02 Å². The topological polar surface area (TPSA) is 129 Å². The Morgan fingerprint density at radius 1 is 1.11 bits per heavy atom. The molecule has 0 unspecified atom stereocenters.